The zero-order chi connectivity index (χ0) is 12.4. The van der Waals surface area contributed by atoms with E-state index in [0.29, 0.717) is 11.7 Å². The van der Waals surface area contributed by atoms with E-state index in [0.717, 1.165) is 20.0 Å². The van der Waals surface area contributed by atoms with Crippen LogP contribution in [0.25, 0.3) is 11.5 Å². The largest absolute Gasteiger partial charge is 0.334 e. The lowest BCUT2D eigenvalue weighted by molar-refractivity contribution is 0.415. The summed E-state index contributed by atoms with van der Waals surface area (Å²) >= 11 is 5.71. The molecular formula is C11H11BrIN3O. The van der Waals surface area contributed by atoms with Gasteiger partial charge in [-0.25, -0.2) is 0 Å². The van der Waals surface area contributed by atoms with Gasteiger partial charge in [-0.15, -0.1) is 0 Å². The van der Waals surface area contributed by atoms with E-state index >= 15 is 0 Å². The molecule has 0 amide bonds. The van der Waals surface area contributed by atoms with Crippen molar-refractivity contribution in [2.45, 2.75) is 19.4 Å². The van der Waals surface area contributed by atoms with E-state index in [4.69, 9.17) is 10.3 Å². The molecule has 0 radical (unpaired) electrons. The molecule has 2 N–H and O–H groups in total. The predicted molar refractivity (Wildman–Crippen MR) is 77.4 cm³/mol. The fraction of sp³-hybridized carbons (Fsp3) is 0.273. The molecule has 0 saturated heterocycles. The zero-order valence-corrected chi connectivity index (χ0v) is 12.9. The molecule has 1 aromatic heterocycles. The molecule has 90 valence electrons. The van der Waals surface area contributed by atoms with Crippen LogP contribution >= 0.6 is 38.5 Å². The molecule has 1 aromatic carbocycles. The van der Waals surface area contributed by atoms with Gasteiger partial charge in [-0.1, -0.05) is 12.1 Å². The van der Waals surface area contributed by atoms with Gasteiger partial charge in [0.15, 0.2) is 5.82 Å². The highest BCUT2D eigenvalue weighted by Crippen LogP contribution is 2.29. The van der Waals surface area contributed by atoms with Gasteiger partial charge in [-0.2, -0.15) is 4.98 Å². The zero-order valence-electron chi connectivity index (χ0n) is 9.15. The van der Waals surface area contributed by atoms with Crippen LogP contribution in [0.2, 0.25) is 0 Å². The number of rotatable bonds is 3. The molecule has 0 fully saturated rings. The third-order valence-corrected chi connectivity index (χ3v) is 3.73. The van der Waals surface area contributed by atoms with Crippen LogP contribution in [0.3, 0.4) is 0 Å². The fourth-order valence-corrected chi connectivity index (χ4v) is 2.25. The molecule has 0 saturated carbocycles. The van der Waals surface area contributed by atoms with Crippen LogP contribution in [0.1, 0.15) is 25.2 Å². The summed E-state index contributed by atoms with van der Waals surface area (Å²) in [4.78, 5) is 4.32. The first kappa shape index (κ1) is 13.0. The molecule has 1 unspecified atom stereocenters. The summed E-state index contributed by atoms with van der Waals surface area (Å²) in [7, 11) is 0. The monoisotopic (exact) mass is 407 g/mol. The third-order valence-electron chi connectivity index (χ3n) is 2.37. The number of aromatic nitrogens is 2. The predicted octanol–water partition coefficient (Wildman–Crippen LogP) is 3.51. The van der Waals surface area contributed by atoms with Crippen molar-refractivity contribution in [2.24, 2.45) is 5.73 Å². The van der Waals surface area contributed by atoms with E-state index in [-0.39, 0.29) is 6.04 Å². The second-order valence-corrected chi connectivity index (χ2v) is 5.70. The first-order valence-electron chi connectivity index (χ1n) is 5.16. The number of halogens is 2. The number of hydrogen-bond acceptors (Lipinski definition) is 4. The van der Waals surface area contributed by atoms with Gasteiger partial charge in [0, 0.05) is 8.04 Å². The van der Waals surface area contributed by atoms with Crippen molar-refractivity contribution in [3.05, 3.63) is 32.1 Å². The van der Waals surface area contributed by atoms with Gasteiger partial charge in [-0.3, -0.25) is 0 Å². The SMILES string of the molecule is CCC(N)c1noc(-c2cc(I)ccc2Br)n1. The van der Waals surface area contributed by atoms with Crippen molar-refractivity contribution in [1.82, 2.24) is 10.1 Å². The minimum atomic E-state index is -0.172. The standard InChI is InChI=1S/C11H11BrIN3O/c1-2-9(14)10-15-11(17-16-10)7-5-6(13)3-4-8(7)12/h3-5,9H,2,14H2,1H3. The molecule has 0 aliphatic heterocycles. The summed E-state index contributed by atoms with van der Waals surface area (Å²) < 4.78 is 7.28. The summed E-state index contributed by atoms with van der Waals surface area (Å²) in [6.07, 6.45) is 0.784. The Labute approximate surface area is 121 Å². The molecule has 17 heavy (non-hydrogen) atoms. The van der Waals surface area contributed by atoms with Gasteiger partial charge in [-0.05, 0) is 63.1 Å². The number of benzene rings is 1. The summed E-state index contributed by atoms with van der Waals surface area (Å²) in [6.45, 7) is 1.99. The Morgan fingerprint density at radius 2 is 2.29 bits per heavy atom. The molecule has 1 heterocycles. The Morgan fingerprint density at radius 3 is 3.00 bits per heavy atom. The molecule has 2 rings (SSSR count). The van der Waals surface area contributed by atoms with Crippen LogP contribution in [0.5, 0.6) is 0 Å². The highest BCUT2D eigenvalue weighted by molar-refractivity contribution is 14.1. The van der Waals surface area contributed by atoms with Crippen molar-refractivity contribution < 1.29 is 4.52 Å². The number of nitrogens with zero attached hydrogens (tertiary/aromatic N) is 2. The first-order valence-corrected chi connectivity index (χ1v) is 7.03. The van der Waals surface area contributed by atoms with Crippen LogP contribution in [0, 0.1) is 3.57 Å². The summed E-state index contributed by atoms with van der Waals surface area (Å²) in [5.41, 5.74) is 6.74. The van der Waals surface area contributed by atoms with Crippen LogP contribution in [0.15, 0.2) is 27.2 Å². The Morgan fingerprint density at radius 1 is 1.53 bits per heavy atom. The fourth-order valence-electron chi connectivity index (χ4n) is 1.34. The molecular weight excluding hydrogens is 397 g/mol. The average Bonchev–Trinajstić information content (AvgIpc) is 2.80. The first-order chi connectivity index (χ1) is 8.11. The minimum absolute atomic E-state index is 0.172. The highest BCUT2D eigenvalue weighted by Gasteiger charge is 2.15. The van der Waals surface area contributed by atoms with Crippen molar-refractivity contribution in [3.8, 4) is 11.5 Å². The highest BCUT2D eigenvalue weighted by atomic mass is 127. The van der Waals surface area contributed by atoms with Gasteiger partial charge < -0.3 is 10.3 Å². The maximum Gasteiger partial charge on any atom is 0.259 e. The van der Waals surface area contributed by atoms with Crippen molar-refractivity contribution in [2.75, 3.05) is 0 Å². The Balaban J connectivity index is 2.40. The third kappa shape index (κ3) is 2.86. The molecule has 0 bridgehead atoms. The second-order valence-electron chi connectivity index (χ2n) is 3.60. The smallest absolute Gasteiger partial charge is 0.259 e. The second kappa shape index (κ2) is 5.45. The molecule has 1 atom stereocenters. The summed E-state index contributed by atoms with van der Waals surface area (Å²) in [6, 6.07) is 5.78. The van der Waals surface area contributed by atoms with Crippen molar-refractivity contribution >= 4 is 38.5 Å². The topological polar surface area (TPSA) is 64.9 Å². The molecule has 0 aliphatic carbocycles. The van der Waals surface area contributed by atoms with Crippen LogP contribution in [0.4, 0.5) is 0 Å². The van der Waals surface area contributed by atoms with Gasteiger partial charge in [0.25, 0.3) is 5.89 Å². The van der Waals surface area contributed by atoms with Crippen LogP contribution in [-0.4, -0.2) is 10.1 Å². The maximum absolute atomic E-state index is 5.86. The molecule has 4 nitrogen and oxygen atoms in total. The minimum Gasteiger partial charge on any atom is -0.334 e. The van der Waals surface area contributed by atoms with E-state index < -0.39 is 0 Å². The Bertz CT molecular complexity index is 529. The van der Waals surface area contributed by atoms with E-state index in [2.05, 4.69) is 48.7 Å². The Hall–Kier alpha value is -0.470. The molecule has 6 heteroatoms. The van der Waals surface area contributed by atoms with Crippen molar-refractivity contribution in [3.63, 3.8) is 0 Å². The lowest BCUT2D eigenvalue weighted by atomic mass is 10.2. The average molecular weight is 408 g/mol. The molecule has 2 aromatic rings. The van der Waals surface area contributed by atoms with E-state index in [9.17, 15) is 0 Å². The van der Waals surface area contributed by atoms with E-state index in [1.54, 1.807) is 0 Å². The van der Waals surface area contributed by atoms with Crippen LogP contribution < -0.4 is 5.73 Å². The van der Waals surface area contributed by atoms with Gasteiger partial charge in [0.05, 0.1) is 11.6 Å². The lowest BCUT2D eigenvalue weighted by Gasteiger charge is -2.00. The van der Waals surface area contributed by atoms with Crippen molar-refractivity contribution in [1.29, 1.82) is 0 Å². The molecule has 0 aliphatic rings. The quantitative estimate of drug-likeness (QED) is 0.790. The van der Waals surface area contributed by atoms with Crippen LogP contribution in [-0.2, 0) is 0 Å². The number of nitrogens with two attached hydrogens (primary N) is 1. The Kier molecular flexibility index (Phi) is 4.16. The van der Waals surface area contributed by atoms with E-state index in [1.165, 1.54) is 0 Å². The van der Waals surface area contributed by atoms with Gasteiger partial charge in [0.1, 0.15) is 0 Å². The summed E-state index contributed by atoms with van der Waals surface area (Å²) in [5, 5.41) is 3.90. The number of hydrogen-bond donors (Lipinski definition) is 1. The summed E-state index contributed by atoms with van der Waals surface area (Å²) in [5.74, 6) is 1.04. The lowest BCUT2D eigenvalue weighted by Crippen LogP contribution is -2.10. The van der Waals surface area contributed by atoms with E-state index in [1.807, 2.05) is 25.1 Å². The normalized spacial score (nSPS) is 12.7. The maximum atomic E-state index is 5.86. The van der Waals surface area contributed by atoms with Gasteiger partial charge >= 0.3 is 0 Å². The van der Waals surface area contributed by atoms with Gasteiger partial charge in [0.2, 0.25) is 0 Å². The molecule has 0 spiro atoms.